The lowest BCUT2D eigenvalue weighted by atomic mass is 9.96. The molecule has 110 valence electrons. The van der Waals surface area contributed by atoms with Crippen molar-refractivity contribution in [3.63, 3.8) is 0 Å². The van der Waals surface area contributed by atoms with Gasteiger partial charge in [-0.25, -0.2) is 0 Å². The highest BCUT2D eigenvalue weighted by Gasteiger charge is 2.32. The average molecular weight is 309 g/mol. The van der Waals surface area contributed by atoms with Gasteiger partial charge in [-0.1, -0.05) is 12.1 Å². The number of pyridine rings is 1. The molecular formula is C16H14F3NS. The summed E-state index contributed by atoms with van der Waals surface area (Å²) in [6.45, 7) is 0. The van der Waals surface area contributed by atoms with Crippen LogP contribution < -0.4 is 0 Å². The molecule has 1 aromatic carbocycles. The van der Waals surface area contributed by atoms with E-state index in [-0.39, 0.29) is 5.25 Å². The highest BCUT2D eigenvalue weighted by molar-refractivity contribution is 7.99. The van der Waals surface area contributed by atoms with Crippen LogP contribution in [0.2, 0.25) is 0 Å². The Balaban J connectivity index is 2.12. The first kappa shape index (κ1) is 14.4. The molecule has 1 saturated heterocycles. The predicted octanol–water partition coefficient (Wildman–Crippen LogP) is 5.34. The fraction of sp³-hybridized carbons (Fsp3) is 0.312. The van der Waals surface area contributed by atoms with Gasteiger partial charge in [0.15, 0.2) is 0 Å². The first-order valence-electron chi connectivity index (χ1n) is 6.80. The van der Waals surface area contributed by atoms with Gasteiger partial charge in [0.2, 0.25) is 0 Å². The van der Waals surface area contributed by atoms with Crippen LogP contribution >= 0.6 is 11.8 Å². The second kappa shape index (κ2) is 5.72. The van der Waals surface area contributed by atoms with Crippen LogP contribution in [0.25, 0.3) is 11.3 Å². The molecule has 0 saturated carbocycles. The van der Waals surface area contributed by atoms with Crippen LogP contribution in [0.15, 0.2) is 42.6 Å². The van der Waals surface area contributed by atoms with E-state index in [0.29, 0.717) is 11.3 Å². The molecular weight excluding hydrogens is 295 g/mol. The first-order valence-corrected chi connectivity index (χ1v) is 7.85. The highest BCUT2D eigenvalue weighted by Crippen LogP contribution is 2.44. The van der Waals surface area contributed by atoms with Crippen molar-refractivity contribution < 1.29 is 13.2 Å². The van der Waals surface area contributed by atoms with Crippen LogP contribution in [-0.2, 0) is 6.18 Å². The van der Waals surface area contributed by atoms with Gasteiger partial charge in [0, 0.05) is 17.0 Å². The van der Waals surface area contributed by atoms with Crippen LogP contribution in [0.5, 0.6) is 0 Å². The maximum absolute atomic E-state index is 13.0. The molecule has 1 atom stereocenters. The molecule has 1 fully saturated rings. The van der Waals surface area contributed by atoms with E-state index in [1.807, 2.05) is 11.8 Å². The van der Waals surface area contributed by atoms with Crippen molar-refractivity contribution in [1.82, 2.24) is 4.98 Å². The number of thioether (sulfide) groups is 1. The summed E-state index contributed by atoms with van der Waals surface area (Å²) in [5.74, 6) is 1.06. The lowest BCUT2D eigenvalue weighted by Gasteiger charge is -2.17. The van der Waals surface area contributed by atoms with Crippen LogP contribution in [0.4, 0.5) is 13.2 Å². The number of rotatable bonds is 2. The maximum Gasteiger partial charge on any atom is 0.416 e. The predicted molar refractivity (Wildman–Crippen MR) is 79.1 cm³/mol. The third-order valence-electron chi connectivity index (χ3n) is 3.60. The van der Waals surface area contributed by atoms with Gasteiger partial charge in [-0.05, 0) is 48.4 Å². The quantitative estimate of drug-likeness (QED) is 0.743. The molecule has 0 amide bonds. The molecule has 5 heteroatoms. The number of benzene rings is 1. The maximum atomic E-state index is 13.0. The van der Waals surface area contributed by atoms with E-state index in [0.717, 1.165) is 24.2 Å². The van der Waals surface area contributed by atoms with E-state index >= 15 is 0 Å². The Labute approximate surface area is 125 Å². The molecule has 1 aromatic heterocycles. The minimum Gasteiger partial charge on any atom is -0.256 e. The molecule has 1 aliphatic heterocycles. The van der Waals surface area contributed by atoms with Gasteiger partial charge in [-0.3, -0.25) is 4.98 Å². The largest absolute Gasteiger partial charge is 0.416 e. The second-order valence-electron chi connectivity index (χ2n) is 5.02. The molecule has 2 heterocycles. The number of hydrogen-bond donors (Lipinski definition) is 0. The number of hydrogen-bond acceptors (Lipinski definition) is 2. The number of nitrogens with zero attached hydrogens (tertiary/aromatic N) is 1. The molecule has 3 rings (SSSR count). The van der Waals surface area contributed by atoms with Crippen LogP contribution in [0.3, 0.4) is 0 Å². The van der Waals surface area contributed by atoms with Crippen molar-refractivity contribution in [3.8, 4) is 11.3 Å². The lowest BCUT2D eigenvalue weighted by molar-refractivity contribution is -0.137. The Kier molecular flexibility index (Phi) is 3.93. The molecule has 0 aliphatic carbocycles. The van der Waals surface area contributed by atoms with E-state index in [2.05, 4.69) is 4.98 Å². The SMILES string of the molecule is FC(F)(F)c1ccc(C2CCCS2)c(-c2ccccn2)c1. The molecule has 0 spiro atoms. The molecule has 0 N–H and O–H groups in total. The monoisotopic (exact) mass is 309 g/mol. The first-order chi connectivity index (χ1) is 10.1. The van der Waals surface area contributed by atoms with Crippen molar-refractivity contribution in [2.75, 3.05) is 5.75 Å². The van der Waals surface area contributed by atoms with E-state index in [4.69, 9.17) is 0 Å². The molecule has 1 aliphatic rings. The zero-order valence-corrected chi connectivity index (χ0v) is 12.0. The van der Waals surface area contributed by atoms with Gasteiger partial charge < -0.3 is 0 Å². The molecule has 0 bridgehead atoms. The van der Waals surface area contributed by atoms with Crippen LogP contribution in [-0.4, -0.2) is 10.7 Å². The van der Waals surface area contributed by atoms with Crippen molar-refractivity contribution in [2.24, 2.45) is 0 Å². The minimum atomic E-state index is -4.33. The normalized spacial score (nSPS) is 18.9. The van der Waals surface area contributed by atoms with Crippen LogP contribution in [0, 0.1) is 0 Å². The van der Waals surface area contributed by atoms with Gasteiger partial charge in [-0.2, -0.15) is 24.9 Å². The Hall–Kier alpha value is -1.49. The number of alkyl halides is 3. The zero-order chi connectivity index (χ0) is 14.9. The van der Waals surface area contributed by atoms with Crippen molar-refractivity contribution in [1.29, 1.82) is 0 Å². The Morgan fingerprint density at radius 3 is 2.62 bits per heavy atom. The summed E-state index contributed by atoms with van der Waals surface area (Å²) in [6.07, 6.45) is -0.597. The van der Waals surface area contributed by atoms with Gasteiger partial charge in [-0.15, -0.1) is 0 Å². The summed E-state index contributed by atoms with van der Waals surface area (Å²) >= 11 is 1.81. The smallest absolute Gasteiger partial charge is 0.256 e. The van der Waals surface area contributed by atoms with E-state index in [9.17, 15) is 13.2 Å². The van der Waals surface area contributed by atoms with Gasteiger partial charge in [0.05, 0.1) is 11.3 Å². The third-order valence-corrected chi connectivity index (χ3v) is 5.01. The Morgan fingerprint density at radius 1 is 1.14 bits per heavy atom. The summed E-state index contributed by atoms with van der Waals surface area (Å²) in [7, 11) is 0. The fourth-order valence-electron chi connectivity index (χ4n) is 2.58. The Bertz CT molecular complexity index is 619. The summed E-state index contributed by atoms with van der Waals surface area (Å²) in [5.41, 5.74) is 1.55. The van der Waals surface area contributed by atoms with Crippen molar-refractivity contribution in [2.45, 2.75) is 24.3 Å². The highest BCUT2D eigenvalue weighted by atomic mass is 32.2. The molecule has 1 unspecified atom stereocenters. The van der Waals surface area contributed by atoms with Gasteiger partial charge in [0.1, 0.15) is 0 Å². The average Bonchev–Trinajstić information content (AvgIpc) is 3.01. The fourth-order valence-corrected chi connectivity index (χ4v) is 3.92. The Morgan fingerprint density at radius 2 is 2.00 bits per heavy atom. The van der Waals surface area contributed by atoms with Gasteiger partial charge >= 0.3 is 6.18 Å². The number of aromatic nitrogens is 1. The van der Waals surface area contributed by atoms with Gasteiger partial charge in [0.25, 0.3) is 0 Å². The van der Waals surface area contributed by atoms with Crippen LogP contribution in [0.1, 0.15) is 29.2 Å². The second-order valence-corrected chi connectivity index (χ2v) is 6.33. The number of halogens is 3. The molecule has 1 nitrogen and oxygen atoms in total. The topological polar surface area (TPSA) is 12.9 Å². The van der Waals surface area contributed by atoms with Crippen molar-refractivity contribution >= 4 is 11.8 Å². The van der Waals surface area contributed by atoms with Crippen molar-refractivity contribution in [3.05, 3.63) is 53.7 Å². The minimum absolute atomic E-state index is 0.268. The van der Waals surface area contributed by atoms with E-state index in [1.165, 1.54) is 12.1 Å². The molecule has 0 radical (unpaired) electrons. The van der Waals surface area contributed by atoms with E-state index < -0.39 is 11.7 Å². The lowest BCUT2D eigenvalue weighted by Crippen LogP contribution is -2.06. The summed E-state index contributed by atoms with van der Waals surface area (Å²) < 4.78 is 38.9. The molecule has 2 aromatic rings. The molecule has 21 heavy (non-hydrogen) atoms. The summed E-state index contributed by atoms with van der Waals surface area (Å²) in [6, 6.07) is 9.36. The van der Waals surface area contributed by atoms with E-state index in [1.54, 1.807) is 30.5 Å². The standard InChI is InChI=1S/C16H14F3NS/c17-16(18,19)11-6-7-12(15-5-3-9-21-15)13(10-11)14-4-1-2-8-20-14/h1-2,4,6-8,10,15H,3,5,9H2. The summed E-state index contributed by atoms with van der Waals surface area (Å²) in [4.78, 5) is 4.23. The zero-order valence-electron chi connectivity index (χ0n) is 11.2. The third kappa shape index (κ3) is 3.07. The summed E-state index contributed by atoms with van der Waals surface area (Å²) in [5, 5.41) is 0.268.